The number of anilines is 1. The van der Waals surface area contributed by atoms with E-state index in [-0.39, 0.29) is 11.8 Å². The second kappa shape index (κ2) is 9.58. The van der Waals surface area contributed by atoms with E-state index in [0.717, 1.165) is 51.5 Å². The monoisotopic (exact) mass is 411 g/mol. The Morgan fingerprint density at radius 2 is 1.77 bits per heavy atom. The molecule has 2 aliphatic rings. The summed E-state index contributed by atoms with van der Waals surface area (Å²) in [7, 11) is 1.40. The van der Waals surface area contributed by atoms with Crippen LogP contribution in [0, 0.1) is 5.82 Å². The van der Waals surface area contributed by atoms with E-state index in [9.17, 15) is 9.18 Å². The van der Waals surface area contributed by atoms with Gasteiger partial charge in [0, 0.05) is 45.3 Å². The van der Waals surface area contributed by atoms with E-state index in [1.807, 2.05) is 36.4 Å². The zero-order valence-corrected chi connectivity index (χ0v) is 17.6. The van der Waals surface area contributed by atoms with E-state index in [4.69, 9.17) is 4.74 Å². The van der Waals surface area contributed by atoms with Gasteiger partial charge in [0.05, 0.1) is 18.4 Å². The van der Waals surface area contributed by atoms with Gasteiger partial charge in [-0.1, -0.05) is 24.3 Å². The van der Waals surface area contributed by atoms with Crippen molar-refractivity contribution in [3.05, 3.63) is 65.5 Å². The molecule has 1 unspecified atom stereocenters. The second-order valence-corrected chi connectivity index (χ2v) is 8.19. The summed E-state index contributed by atoms with van der Waals surface area (Å²) in [5.41, 5.74) is 2.52. The van der Waals surface area contributed by atoms with Crippen LogP contribution < -0.4 is 4.90 Å². The van der Waals surface area contributed by atoms with Crippen molar-refractivity contribution in [2.24, 2.45) is 0 Å². The number of ether oxygens (including phenoxy) is 1. The van der Waals surface area contributed by atoms with Gasteiger partial charge in [-0.2, -0.15) is 0 Å². The molecule has 1 atom stereocenters. The Balaban J connectivity index is 1.30. The van der Waals surface area contributed by atoms with Crippen molar-refractivity contribution in [1.29, 1.82) is 0 Å². The minimum absolute atomic E-state index is 0.131. The number of likely N-dealkylation sites (tertiary alicyclic amines) is 1. The molecule has 4 rings (SSSR count). The highest BCUT2D eigenvalue weighted by atomic mass is 19.1. The Hall–Kier alpha value is -2.44. The minimum atomic E-state index is -0.297. The number of carbonyl (C=O) groups excluding carboxylic acids is 1. The molecule has 0 spiro atoms. The van der Waals surface area contributed by atoms with Gasteiger partial charge in [0.1, 0.15) is 5.82 Å². The van der Waals surface area contributed by atoms with Crippen LogP contribution in [0.4, 0.5) is 10.1 Å². The van der Waals surface area contributed by atoms with Crippen molar-refractivity contribution in [1.82, 2.24) is 9.80 Å². The Morgan fingerprint density at radius 3 is 2.47 bits per heavy atom. The molecule has 0 N–H and O–H groups in total. The van der Waals surface area contributed by atoms with Crippen molar-refractivity contribution in [3.63, 3.8) is 0 Å². The standard InChI is InChI=1S/C24H30FN3O2/c1-30-24(29)20-10-8-19(9-11-20)17-26-12-4-5-21(18-26)27-13-15-28(16-14-27)23-7-3-2-6-22(23)25/h2-3,6-11,21H,4-5,12-18H2,1H3. The number of rotatable bonds is 5. The number of methoxy groups -OCH3 is 1. The molecule has 2 heterocycles. The number of para-hydroxylation sites is 1. The smallest absolute Gasteiger partial charge is 0.337 e. The van der Waals surface area contributed by atoms with Gasteiger partial charge in [0.15, 0.2) is 0 Å². The van der Waals surface area contributed by atoms with Crippen molar-refractivity contribution in [2.45, 2.75) is 25.4 Å². The van der Waals surface area contributed by atoms with Gasteiger partial charge in [-0.3, -0.25) is 9.80 Å². The number of nitrogens with zero attached hydrogens (tertiary/aromatic N) is 3. The van der Waals surface area contributed by atoms with E-state index in [0.29, 0.717) is 11.6 Å². The van der Waals surface area contributed by atoms with Crippen LogP contribution in [0.2, 0.25) is 0 Å². The van der Waals surface area contributed by atoms with E-state index in [1.165, 1.54) is 25.5 Å². The maximum absolute atomic E-state index is 14.1. The van der Waals surface area contributed by atoms with Gasteiger partial charge in [-0.15, -0.1) is 0 Å². The number of benzene rings is 2. The van der Waals surface area contributed by atoms with E-state index in [2.05, 4.69) is 14.7 Å². The summed E-state index contributed by atoms with van der Waals surface area (Å²) >= 11 is 0. The van der Waals surface area contributed by atoms with E-state index < -0.39 is 0 Å². The van der Waals surface area contributed by atoms with Gasteiger partial charge in [-0.05, 0) is 49.2 Å². The number of piperazine rings is 1. The Labute approximate surface area is 178 Å². The Kier molecular flexibility index (Phi) is 6.65. The first kappa shape index (κ1) is 20.8. The van der Waals surface area contributed by atoms with Crippen LogP contribution in [0.15, 0.2) is 48.5 Å². The molecule has 30 heavy (non-hydrogen) atoms. The molecule has 0 radical (unpaired) electrons. The normalized spacial score (nSPS) is 20.9. The number of esters is 1. The fourth-order valence-corrected chi connectivity index (χ4v) is 4.63. The predicted molar refractivity (Wildman–Crippen MR) is 116 cm³/mol. The van der Waals surface area contributed by atoms with Crippen molar-refractivity contribution in [2.75, 3.05) is 51.3 Å². The lowest BCUT2D eigenvalue weighted by Crippen LogP contribution is -2.55. The maximum atomic E-state index is 14.1. The van der Waals surface area contributed by atoms with Crippen molar-refractivity contribution in [3.8, 4) is 0 Å². The Morgan fingerprint density at radius 1 is 1.03 bits per heavy atom. The molecule has 0 bridgehead atoms. The average Bonchev–Trinajstić information content (AvgIpc) is 2.80. The molecule has 160 valence electrons. The number of halogens is 1. The first-order valence-corrected chi connectivity index (χ1v) is 10.8. The van der Waals surface area contributed by atoms with E-state index >= 15 is 0 Å². The molecule has 2 aromatic rings. The fraction of sp³-hybridized carbons (Fsp3) is 0.458. The van der Waals surface area contributed by atoms with Gasteiger partial charge in [0.25, 0.3) is 0 Å². The summed E-state index contributed by atoms with van der Waals surface area (Å²) in [6.07, 6.45) is 2.41. The molecule has 5 nitrogen and oxygen atoms in total. The zero-order chi connectivity index (χ0) is 20.9. The number of piperidine rings is 1. The highest BCUT2D eigenvalue weighted by Crippen LogP contribution is 2.23. The fourth-order valence-electron chi connectivity index (χ4n) is 4.63. The summed E-state index contributed by atoms with van der Waals surface area (Å²) in [6.45, 7) is 6.73. The van der Waals surface area contributed by atoms with Crippen LogP contribution >= 0.6 is 0 Å². The van der Waals surface area contributed by atoms with Gasteiger partial charge in [0.2, 0.25) is 0 Å². The van der Waals surface area contributed by atoms with Gasteiger partial charge < -0.3 is 9.64 Å². The summed E-state index contributed by atoms with van der Waals surface area (Å²) in [5.74, 6) is -0.429. The quantitative estimate of drug-likeness (QED) is 0.705. The zero-order valence-electron chi connectivity index (χ0n) is 17.6. The van der Waals surface area contributed by atoms with Gasteiger partial charge >= 0.3 is 5.97 Å². The SMILES string of the molecule is COC(=O)c1ccc(CN2CCCC(N3CCN(c4ccccc4F)CC3)C2)cc1. The molecule has 2 saturated heterocycles. The van der Waals surface area contributed by atoms with Crippen LogP contribution in [-0.4, -0.2) is 68.2 Å². The molecule has 2 fully saturated rings. The predicted octanol–water partition coefficient (Wildman–Crippen LogP) is 3.40. The lowest BCUT2D eigenvalue weighted by atomic mass is 10.0. The molecular weight excluding hydrogens is 381 g/mol. The van der Waals surface area contributed by atoms with Crippen LogP contribution in [0.1, 0.15) is 28.8 Å². The third kappa shape index (κ3) is 4.82. The van der Waals surface area contributed by atoms with Crippen molar-refractivity contribution < 1.29 is 13.9 Å². The second-order valence-electron chi connectivity index (χ2n) is 8.19. The highest BCUT2D eigenvalue weighted by molar-refractivity contribution is 5.89. The average molecular weight is 412 g/mol. The first-order valence-electron chi connectivity index (χ1n) is 10.8. The van der Waals surface area contributed by atoms with Crippen molar-refractivity contribution >= 4 is 11.7 Å². The van der Waals surface area contributed by atoms with Crippen LogP contribution in [0.5, 0.6) is 0 Å². The first-order chi connectivity index (χ1) is 14.6. The van der Waals surface area contributed by atoms with E-state index in [1.54, 1.807) is 12.1 Å². The minimum Gasteiger partial charge on any atom is -0.465 e. The van der Waals surface area contributed by atoms with Gasteiger partial charge in [-0.25, -0.2) is 9.18 Å². The van der Waals surface area contributed by atoms with Crippen LogP contribution in [0.3, 0.4) is 0 Å². The molecule has 2 aromatic carbocycles. The third-order valence-electron chi connectivity index (χ3n) is 6.29. The molecule has 0 amide bonds. The number of hydrogen-bond donors (Lipinski definition) is 0. The van der Waals surface area contributed by atoms with Crippen LogP contribution in [0.25, 0.3) is 0 Å². The summed E-state index contributed by atoms with van der Waals surface area (Å²) in [4.78, 5) is 18.8. The largest absolute Gasteiger partial charge is 0.465 e. The molecular formula is C24H30FN3O2. The number of hydrogen-bond acceptors (Lipinski definition) is 5. The van der Waals surface area contributed by atoms with Crippen LogP contribution in [-0.2, 0) is 11.3 Å². The lowest BCUT2D eigenvalue weighted by Gasteiger charge is -2.44. The summed E-state index contributed by atoms with van der Waals surface area (Å²) in [6, 6.07) is 15.3. The Bertz CT molecular complexity index is 850. The highest BCUT2D eigenvalue weighted by Gasteiger charge is 2.28. The number of carbonyl (C=O) groups is 1. The molecule has 0 aliphatic carbocycles. The molecule has 0 saturated carbocycles. The molecule has 2 aliphatic heterocycles. The summed E-state index contributed by atoms with van der Waals surface area (Å²) in [5, 5.41) is 0. The topological polar surface area (TPSA) is 36.0 Å². The maximum Gasteiger partial charge on any atom is 0.337 e. The third-order valence-corrected chi connectivity index (χ3v) is 6.29. The lowest BCUT2D eigenvalue weighted by molar-refractivity contribution is 0.0600. The molecule has 0 aromatic heterocycles. The summed E-state index contributed by atoms with van der Waals surface area (Å²) < 4.78 is 18.9. The molecule has 6 heteroatoms.